The van der Waals surface area contributed by atoms with Gasteiger partial charge in [-0.1, -0.05) is 0 Å². The molecule has 0 aromatic carbocycles. The maximum atomic E-state index is 5.40. The number of hydrogen-bond acceptors (Lipinski definition) is 5. The molecule has 0 unspecified atom stereocenters. The van der Waals surface area contributed by atoms with Gasteiger partial charge >= 0.3 is 0 Å². The molecular formula is C15H25N3O2. The Morgan fingerprint density at radius 3 is 2.70 bits per heavy atom. The third-order valence-corrected chi connectivity index (χ3v) is 3.69. The predicted molar refractivity (Wildman–Crippen MR) is 81.5 cm³/mol. The number of rotatable bonds is 6. The van der Waals surface area contributed by atoms with Gasteiger partial charge in [0.25, 0.3) is 0 Å². The first-order valence-electron chi connectivity index (χ1n) is 7.18. The van der Waals surface area contributed by atoms with E-state index in [1.165, 1.54) is 0 Å². The molecular weight excluding hydrogens is 254 g/mol. The Morgan fingerprint density at radius 2 is 2.10 bits per heavy atom. The van der Waals surface area contributed by atoms with E-state index in [2.05, 4.69) is 41.2 Å². The molecule has 112 valence electrons. The minimum atomic E-state index is -0.0891. The largest absolute Gasteiger partial charge is 0.384 e. The van der Waals surface area contributed by atoms with Crippen molar-refractivity contribution in [2.45, 2.75) is 25.9 Å². The van der Waals surface area contributed by atoms with Gasteiger partial charge in [0.1, 0.15) is 5.82 Å². The summed E-state index contributed by atoms with van der Waals surface area (Å²) in [4.78, 5) is 6.77. The number of nitrogens with one attached hydrogen (secondary N) is 1. The lowest BCUT2D eigenvalue weighted by atomic mass is 10.1. The molecule has 1 fully saturated rings. The third kappa shape index (κ3) is 4.35. The lowest BCUT2D eigenvalue weighted by Gasteiger charge is -2.27. The molecule has 5 nitrogen and oxygen atoms in total. The highest BCUT2D eigenvalue weighted by Gasteiger charge is 2.15. The van der Waals surface area contributed by atoms with Crippen LogP contribution in [0.25, 0.3) is 0 Å². The van der Waals surface area contributed by atoms with Gasteiger partial charge in [0.15, 0.2) is 0 Å². The smallest absolute Gasteiger partial charge is 0.128 e. The van der Waals surface area contributed by atoms with Gasteiger partial charge in [0.2, 0.25) is 0 Å². The quantitative estimate of drug-likeness (QED) is 0.864. The number of morpholine rings is 1. The van der Waals surface area contributed by atoms with Gasteiger partial charge in [-0.05, 0) is 32.4 Å². The van der Waals surface area contributed by atoms with Gasteiger partial charge in [0.05, 0.1) is 30.7 Å². The molecule has 5 heteroatoms. The molecule has 20 heavy (non-hydrogen) atoms. The molecule has 0 bridgehead atoms. The van der Waals surface area contributed by atoms with Crippen molar-refractivity contribution < 1.29 is 9.47 Å². The molecule has 1 aliphatic heterocycles. The Hall–Kier alpha value is -1.33. The van der Waals surface area contributed by atoms with Gasteiger partial charge in [-0.25, -0.2) is 4.98 Å². The van der Waals surface area contributed by atoms with Crippen LogP contribution in [0.1, 0.15) is 20.3 Å². The van der Waals surface area contributed by atoms with Crippen LogP contribution in [-0.2, 0) is 9.47 Å². The topological polar surface area (TPSA) is 46.6 Å². The van der Waals surface area contributed by atoms with E-state index in [-0.39, 0.29) is 5.60 Å². The zero-order chi connectivity index (χ0) is 14.4. The standard InChI is InChI=1S/C15H25N3O2/c1-15(2,19-3)6-7-16-13-4-5-14(17-12-13)18-8-10-20-11-9-18/h4-5,12,16H,6-11H2,1-3H3. The lowest BCUT2D eigenvalue weighted by molar-refractivity contribution is 0.0185. The Kier molecular flexibility index (Phi) is 5.20. The second-order valence-electron chi connectivity index (χ2n) is 5.65. The van der Waals surface area contributed by atoms with E-state index < -0.39 is 0 Å². The Balaban J connectivity index is 1.82. The summed E-state index contributed by atoms with van der Waals surface area (Å²) in [7, 11) is 1.75. The van der Waals surface area contributed by atoms with Crippen molar-refractivity contribution in [3.63, 3.8) is 0 Å². The first-order valence-corrected chi connectivity index (χ1v) is 7.18. The maximum absolute atomic E-state index is 5.40. The van der Waals surface area contributed by atoms with Crippen molar-refractivity contribution in [1.82, 2.24) is 4.98 Å². The number of anilines is 2. The summed E-state index contributed by atoms with van der Waals surface area (Å²) in [5, 5.41) is 3.38. The minimum Gasteiger partial charge on any atom is -0.384 e. The highest BCUT2D eigenvalue weighted by molar-refractivity contribution is 5.48. The van der Waals surface area contributed by atoms with Gasteiger partial charge in [-0.15, -0.1) is 0 Å². The van der Waals surface area contributed by atoms with E-state index in [1.54, 1.807) is 7.11 Å². The molecule has 1 aromatic heterocycles. The number of pyridine rings is 1. The van der Waals surface area contributed by atoms with Gasteiger partial charge in [-0.2, -0.15) is 0 Å². The zero-order valence-electron chi connectivity index (χ0n) is 12.7. The van der Waals surface area contributed by atoms with Crippen molar-refractivity contribution in [1.29, 1.82) is 0 Å². The molecule has 0 amide bonds. The molecule has 0 saturated carbocycles. The van der Waals surface area contributed by atoms with Crippen molar-refractivity contribution in [3.05, 3.63) is 18.3 Å². The summed E-state index contributed by atoms with van der Waals surface area (Å²) < 4.78 is 10.7. The van der Waals surface area contributed by atoms with Crippen LogP contribution in [-0.4, -0.2) is 50.5 Å². The van der Waals surface area contributed by atoms with E-state index in [4.69, 9.17) is 9.47 Å². The van der Waals surface area contributed by atoms with Crippen molar-refractivity contribution in [2.24, 2.45) is 0 Å². The second-order valence-corrected chi connectivity index (χ2v) is 5.65. The number of aromatic nitrogens is 1. The SMILES string of the molecule is COC(C)(C)CCNc1ccc(N2CCOCC2)nc1. The van der Waals surface area contributed by atoms with Crippen LogP contribution in [0.2, 0.25) is 0 Å². The summed E-state index contributed by atoms with van der Waals surface area (Å²) in [5.41, 5.74) is 0.961. The van der Waals surface area contributed by atoms with E-state index >= 15 is 0 Å². The van der Waals surface area contributed by atoms with Crippen LogP contribution in [0, 0.1) is 0 Å². The Morgan fingerprint density at radius 1 is 1.35 bits per heavy atom. The molecule has 0 spiro atoms. The monoisotopic (exact) mass is 279 g/mol. The summed E-state index contributed by atoms with van der Waals surface area (Å²) in [6, 6.07) is 4.15. The summed E-state index contributed by atoms with van der Waals surface area (Å²) >= 11 is 0. The number of hydrogen-bond donors (Lipinski definition) is 1. The summed E-state index contributed by atoms with van der Waals surface area (Å²) in [6.07, 6.45) is 2.85. The third-order valence-electron chi connectivity index (χ3n) is 3.69. The van der Waals surface area contributed by atoms with Crippen LogP contribution < -0.4 is 10.2 Å². The van der Waals surface area contributed by atoms with E-state index in [9.17, 15) is 0 Å². The molecule has 0 atom stereocenters. The van der Waals surface area contributed by atoms with Crippen LogP contribution in [0.15, 0.2) is 18.3 Å². The van der Waals surface area contributed by atoms with E-state index in [0.717, 1.165) is 50.8 Å². The Labute approximate surface area is 121 Å². The van der Waals surface area contributed by atoms with E-state index in [0.29, 0.717) is 0 Å². The Bertz CT molecular complexity index is 400. The van der Waals surface area contributed by atoms with E-state index in [1.807, 2.05) is 6.20 Å². The predicted octanol–water partition coefficient (Wildman–Crippen LogP) is 2.15. The van der Waals surface area contributed by atoms with Gasteiger partial charge in [0, 0.05) is 26.7 Å². The average Bonchev–Trinajstić information content (AvgIpc) is 2.49. The molecule has 0 radical (unpaired) electrons. The maximum Gasteiger partial charge on any atom is 0.128 e. The fourth-order valence-electron chi connectivity index (χ4n) is 2.08. The molecule has 1 aliphatic rings. The molecule has 1 aromatic rings. The van der Waals surface area contributed by atoms with Crippen molar-refractivity contribution in [2.75, 3.05) is 50.2 Å². The molecule has 2 heterocycles. The summed E-state index contributed by atoms with van der Waals surface area (Å²) in [5.74, 6) is 1.02. The van der Waals surface area contributed by atoms with Gasteiger partial charge < -0.3 is 19.7 Å². The number of nitrogens with zero attached hydrogens (tertiary/aromatic N) is 2. The van der Waals surface area contributed by atoms with Crippen LogP contribution >= 0.6 is 0 Å². The molecule has 1 saturated heterocycles. The second kappa shape index (κ2) is 6.90. The van der Waals surface area contributed by atoms with Crippen molar-refractivity contribution in [3.8, 4) is 0 Å². The molecule has 0 aliphatic carbocycles. The fraction of sp³-hybridized carbons (Fsp3) is 0.667. The fourth-order valence-corrected chi connectivity index (χ4v) is 2.08. The zero-order valence-corrected chi connectivity index (χ0v) is 12.7. The van der Waals surface area contributed by atoms with Crippen LogP contribution in [0.3, 0.4) is 0 Å². The number of methoxy groups -OCH3 is 1. The van der Waals surface area contributed by atoms with Crippen LogP contribution in [0.5, 0.6) is 0 Å². The lowest BCUT2D eigenvalue weighted by Crippen LogP contribution is -2.36. The first-order chi connectivity index (χ1) is 9.61. The molecule has 2 rings (SSSR count). The first kappa shape index (κ1) is 15.1. The minimum absolute atomic E-state index is 0.0891. The number of ether oxygens (including phenoxy) is 2. The van der Waals surface area contributed by atoms with Gasteiger partial charge in [-0.3, -0.25) is 0 Å². The van der Waals surface area contributed by atoms with Crippen molar-refractivity contribution >= 4 is 11.5 Å². The normalized spacial score (nSPS) is 16.2. The van der Waals surface area contributed by atoms with Crippen LogP contribution in [0.4, 0.5) is 11.5 Å². The highest BCUT2D eigenvalue weighted by atomic mass is 16.5. The summed E-state index contributed by atoms with van der Waals surface area (Å²) in [6.45, 7) is 8.47. The average molecular weight is 279 g/mol. The molecule has 1 N–H and O–H groups in total. The highest BCUT2D eigenvalue weighted by Crippen LogP contribution is 2.17.